The van der Waals surface area contributed by atoms with Crippen molar-refractivity contribution in [2.45, 2.75) is 24.6 Å². The molecule has 2 aromatic rings. The molecule has 4 rings (SSSR count). The first-order chi connectivity index (χ1) is 11.8. The lowest BCUT2D eigenvalue weighted by Crippen LogP contribution is -2.55. The molecule has 25 heavy (non-hydrogen) atoms. The van der Waals surface area contributed by atoms with E-state index in [-0.39, 0.29) is 11.6 Å². The molecular weight excluding hydrogens is 343 g/mol. The number of amides is 3. The highest BCUT2D eigenvalue weighted by molar-refractivity contribution is 6.07. The van der Waals surface area contributed by atoms with E-state index in [1.54, 1.807) is 11.0 Å². The molecule has 12 heteroatoms. The van der Waals surface area contributed by atoms with Crippen LogP contribution in [0.4, 0.5) is 23.8 Å². The van der Waals surface area contributed by atoms with Crippen molar-refractivity contribution in [3.8, 4) is 0 Å². The highest BCUT2D eigenvalue weighted by atomic mass is 19.4. The van der Waals surface area contributed by atoms with Crippen molar-refractivity contribution in [3.05, 3.63) is 18.0 Å². The number of hydrogen-bond acceptors (Lipinski definition) is 6. The number of fused-ring (bicyclic) bond motifs is 1. The van der Waals surface area contributed by atoms with Crippen LogP contribution in [-0.2, 0) is 11.0 Å². The number of carbonyl (C=O) groups is 2. The van der Waals surface area contributed by atoms with Crippen LogP contribution in [0.15, 0.2) is 12.1 Å². The van der Waals surface area contributed by atoms with E-state index in [9.17, 15) is 22.8 Å². The summed E-state index contributed by atoms with van der Waals surface area (Å²) >= 11 is 0. The third kappa shape index (κ3) is 2.44. The number of nitrogens with zero attached hydrogens (tertiary/aromatic N) is 5. The van der Waals surface area contributed by atoms with Gasteiger partial charge in [-0.15, -0.1) is 15.3 Å². The maximum Gasteiger partial charge on any atom is 0.453 e. The fourth-order valence-corrected chi connectivity index (χ4v) is 3.12. The van der Waals surface area contributed by atoms with Crippen LogP contribution < -0.4 is 15.5 Å². The minimum Gasteiger partial charge on any atom is -0.355 e. The van der Waals surface area contributed by atoms with Crippen LogP contribution in [-0.4, -0.2) is 50.4 Å². The number of urea groups is 1. The second-order valence-electron chi connectivity index (χ2n) is 5.96. The Morgan fingerprint density at radius 3 is 2.44 bits per heavy atom. The van der Waals surface area contributed by atoms with Gasteiger partial charge in [0.05, 0.1) is 0 Å². The van der Waals surface area contributed by atoms with Crippen LogP contribution in [0.1, 0.15) is 18.7 Å². The normalized spacial score (nSPS) is 20.2. The number of hydrogen-bond donors (Lipinski definition) is 2. The molecule has 0 radical (unpaired) electrons. The number of aromatic nitrogens is 4. The van der Waals surface area contributed by atoms with E-state index in [0.717, 1.165) is 0 Å². The molecule has 132 valence electrons. The molecule has 0 aliphatic carbocycles. The van der Waals surface area contributed by atoms with Crippen molar-refractivity contribution in [1.29, 1.82) is 0 Å². The van der Waals surface area contributed by atoms with Gasteiger partial charge in [0.1, 0.15) is 11.4 Å². The molecule has 0 unspecified atom stereocenters. The fourth-order valence-electron chi connectivity index (χ4n) is 3.12. The smallest absolute Gasteiger partial charge is 0.355 e. The summed E-state index contributed by atoms with van der Waals surface area (Å²) in [5.74, 6) is -1.25. The summed E-state index contributed by atoms with van der Waals surface area (Å²) in [6.07, 6.45) is -4.00. The third-order valence-electron chi connectivity index (χ3n) is 4.46. The summed E-state index contributed by atoms with van der Waals surface area (Å²) in [5, 5.41) is 15.4. The first-order valence-electron chi connectivity index (χ1n) is 7.47. The van der Waals surface area contributed by atoms with E-state index >= 15 is 0 Å². The maximum atomic E-state index is 12.9. The Kier molecular flexibility index (Phi) is 3.14. The monoisotopic (exact) mass is 355 g/mol. The van der Waals surface area contributed by atoms with Crippen molar-refractivity contribution in [2.24, 2.45) is 0 Å². The number of imide groups is 1. The highest BCUT2D eigenvalue weighted by Crippen LogP contribution is 2.30. The molecule has 1 spiro atoms. The summed E-state index contributed by atoms with van der Waals surface area (Å²) in [4.78, 5) is 25.0. The number of anilines is 1. The first-order valence-corrected chi connectivity index (χ1v) is 7.47. The fraction of sp³-hybridized carbons (Fsp3) is 0.462. The molecule has 0 atom stereocenters. The molecule has 4 heterocycles. The maximum absolute atomic E-state index is 12.9. The molecule has 0 aromatic carbocycles. The number of carbonyl (C=O) groups excluding carboxylic acids is 2. The van der Waals surface area contributed by atoms with Gasteiger partial charge in [-0.05, 0) is 25.0 Å². The molecular formula is C13H12F3N7O2. The number of nitrogens with one attached hydrogen (secondary N) is 2. The van der Waals surface area contributed by atoms with Gasteiger partial charge in [-0.1, -0.05) is 0 Å². The Bertz CT molecular complexity index is 870. The zero-order valence-corrected chi connectivity index (χ0v) is 12.7. The summed E-state index contributed by atoms with van der Waals surface area (Å²) < 4.78 is 39.5. The van der Waals surface area contributed by atoms with Crippen molar-refractivity contribution in [2.75, 3.05) is 18.0 Å². The topological polar surface area (TPSA) is 105 Å². The van der Waals surface area contributed by atoms with Crippen LogP contribution in [0.5, 0.6) is 0 Å². The Hall–Kier alpha value is -2.92. The predicted octanol–water partition coefficient (Wildman–Crippen LogP) is 0.321. The van der Waals surface area contributed by atoms with Gasteiger partial charge < -0.3 is 10.2 Å². The molecule has 0 bridgehead atoms. The molecule has 2 aromatic heterocycles. The first kappa shape index (κ1) is 15.6. The lowest BCUT2D eigenvalue weighted by atomic mass is 9.88. The number of halogens is 3. The van der Waals surface area contributed by atoms with E-state index < -0.39 is 23.6 Å². The van der Waals surface area contributed by atoms with Gasteiger partial charge in [0.15, 0.2) is 5.65 Å². The minimum atomic E-state index is -4.66. The molecule has 0 saturated carbocycles. The zero-order valence-electron chi connectivity index (χ0n) is 12.7. The predicted molar refractivity (Wildman–Crippen MR) is 76.6 cm³/mol. The van der Waals surface area contributed by atoms with Gasteiger partial charge in [0.2, 0.25) is 0 Å². The van der Waals surface area contributed by atoms with Crippen molar-refractivity contribution >= 4 is 23.4 Å². The number of alkyl halides is 3. The average Bonchev–Trinajstić information content (AvgIpc) is 3.08. The van der Waals surface area contributed by atoms with Crippen LogP contribution in [0.25, 0.3) is 5.65 Å². The van der Waals surface area contributed by atoms with Crippen molar-refractivity contribution < 1.29 is 22.8 Å². The molecule has 2 saturated heterocycles. The molecule has 2 aliphatic rings. The Morgan fingerprint density at radius 1 is 1.12 bits per heavy atom. The quantitative estimate of drug-likeness (QED) is 0.714. The summed E-state index contributed by atoms with van der Waals surface area (Å²) in [6.45, 7) is 0.714. The second kappa shape index (κ2) is 5.04. The van der Waals surface area contributed by atoms with Gasteiger partial charge >= 0.3 is 12.2 Å². The van der Waals surface area contributed by atoms with E-state index in [1.807, 2.05) is 0 Å². The SMILES string of the molecule is O=C1NC(=O)C2(CCN(c3ccc4nnc(C(F)(F)F)n4n3)CC2)N1. The van der Waals surface area contributed by atoms with E-state index in [1.165, 1.54) is 6.07 Å². The van der Waals surface area contributed by atoms with E-state index in [4.69, 9.17) is 0 Å². The molecule has 2 fully saturated rings. The van der Waals surface area contributed by atoms with Crippen LogP contribution in [0.2, 0.25) is 0 Å². The number of rotatable bonds is 1. The standard InChI is InChI=1S/C13H12F3N7O2/c14-13(15,16)9-20-19-7-1-2-8(21-23(7)9)22-5-3-12(4-6-22)10(24)17-11(25)18-12/h1-2H,3-6H2,(H2,17,18,24,25). The molecule has 2 aliphatic heterocycles. The van der Waals surface area contributed by atoms with E-state index in [0.29, 0.717) is 36.3 Å². The summed E-state index contributed by atoms with van der Waals surface area (Å²) in [5.41, 5.74) is -0.960. The zero-order chi connectivity index (χ0) is 17.8. The highest BCUT2D eigenvalue weighted by Gasteiger charge is 2.48. The average molecular weight is 355 g/mol. The Morgan fingerprint density at radius 2 is 1.84 bits per heavy atom. The van der Waals surface area contributed by atoms with Gasteiger partial charge in [-0.3, -0.25) is 10.1 Å². The largest absolute Gasteiger partial charge is 0.453 e. The molecule has 2 N–H and O–H groups in total. The summed E-state index contributed by atoms with van der Waals surface area (Å²) in [6, 6.07) is 2.42. The van der Waals surface area contributed by atoms with Gasteiger partial charge in [0.25, 0.3) is 11.7 Å². The lowest BCUT2D eigenvalue weighted by Gasteiger charge is -2.37. The van der Waals surface area contributed by atoms with Gasteiger partial charge in [-0.2, -0.15) is 17.7 Å². The third-order valence-corrected chi connectivity index (χ3v) is 4.46. The number of piperidine rings is 1. The Labute approximate surface area is 138 Å². The minimum absolute atomic E-state index is 0.00742. The molecule has 3 amide bonds. The van der Waals surface area contributed by atoms with Crippen molar-refractivity contribution in [3.63, 3.8) is 0 Å². The summed E-state index contributed by atoms with van der Waals surface area (Å²) in [7, 11) is 0. The van der Waals surface area contributed by atoms with Crippen LogP contribution in [0.3, 0.4) is 0 Å². The lowest BCUT2D eigenvalue weighted by molar-refractivity contribution is -0.146. The second-order valence-corrected chi connectivity index (χ2v) is 5.96. The van der Waals surface area contributed by atoms with Crippen LogP contribution in [0, 0.1) is 0 Å². The van der Waals surface area contributed by atoms with Gasteiger partial charge in [0, 0.05) is 13.1 Å². The Balaban J connectivity index is 1.59. The van der Waals surface area contributed by atoms with Crippen molar-refractivity contribution in [1.82, 2.24) is 30.4 Å². The van der Waals surface area contributed by atoms with Crippen LogP contribution >= 0.6 is 0 Å². The van der Waals surface area contributed by atoms with Gasteiger partial charge in [-0.25, -0.2) is 4.79 Å². The molecule has 9 nitrogen and oxygen atoms in total. The van der Waals surface area contributed by atoms with E-state index in [2.05, 4.69) is 25.9 Å².